The van der Waals surface area contributed by atoms with Crippen molar-refractivity contribution in [3.63, 3.8) is 0 Å². The number of amides is 2. The van der Waals surface area contributed by atoms with Crippen LogP contribution in [0.3, 0.4) is 0 Å². The first-order valence-corrected chi connectivity index (χ1v) is 8.30. The second-order valence-corrected chi connectivity index (χ2v) is 5.95. The summed E-state index contributed by atoms with van der Waals surface area (Å²) < 4.78 is 3.40. The van der Waals surface area contributed by atoms with Gasteiger partial charge in [-0.05, 0) is 42.8 Å². The molecule has 1 unspecified atom stereocenters. The number of nitrogens with one attached hydrogen (secondary N) is 2. The van der Waals surface area contributed by atoms with Gasteiger partial charge < -0.3 is 5.32 Å². The minimum absolute atomic E-state index is 0.142. The maximum absolute atomic E-state index is 12.3. The molecular weight excluding hydrogens is 328 g/mol. The molecule has 2 heterocycles. The number of urea groups is 1. The first-order chi connectivity index (χ1) is 12.7. The van der Waals surface area contributed by atoms with Crippen LogP contribution < -0.4 is 10.7 Å². The third kappa shape index (κ3) is 3.14. The maximum Gasteiger partial charge on any atom is 0.334 e. The Morgan fingerprint density at radius 1 is 1.08 bits per heavy atom. The van der Waals surface area contributed by atoms with Crippen LogP contribution in [-0.4, -0.2) is 25.5 Å². The number of nitrogens with zero attached hydrogens (tertiary/aromatic N) is 4. The number of hydrogen-bond acceptors (Lipinski definition) is 3. The van der Waals surface area contributed by atoms with Gasteiger partial charge in [0, 0.05) is 12.4 Å². The van der Waals surface area contributed by atoms with Crippen molar-refractivity contribution >= 4 is 17.1 Å². The van der Waals surface area contributed by atoms with Crippen molar-refractivity contribution in [1.82, 2.24) is 24.8 Å². The monoisotopic (exact) mass is 346 g/mol. The molecule has 0 aliphatic rings. The summed E-state index contributed by atoms with van der Waals surface area (Å²) in [6.07, 6.45) is 5.22. The smallest absolute Gasteiger partial charge is 0.330 e. The Morgan fingerprint density at radius 3 is 2.65 bits per heavy atom. The highest BCUT2D eigenvalue weighted by molar-refractivity contribution is 5.85. The molecule has 2 aromatic carbocycles. The second kappa shape index (κ2) is 6.72. The summed E-state index contributed by atoms with van der Waals surface area (Å²) in [7, 11) is 0. The summed E-state index contributed by atoms with van der Waals surface area (Å²) in [5, 5.41) is 7.14. The van der Waals surface area contributed by atoms with E-state index in [-0.39, 0.29) is 12.1 Å². The Hall–Kier alpha value is -3.61. The fourth-order valence-corrected chi connectivity index (χ4v) is 2.81. The number of aromatic nitrogens is 4. The van der Waals surface area contributed by atoms with E-state index < -0.39 is 0 Å². The van der Waals surface area contributed by atoms with E-state index in [1.807, 2.05) is 67.7 Å². The average Bonchev–Trinajstić information content (AvgIpc) is 3.32. The number of hydrogen-bond donors (Lipinski definition) is 2. The lowest BCUT2D eigenvalue weighted by Gasteiger charge is -2.16. The number of rotatable bonds is 4. The van der Waals surface area contributed by atoms with E-state index in [1.165, 1.54) is 0 Å². The number of fused-ring (bicyclic) bond motifs is 1. The van der Waals surface area contributed by atoms with E-state index in [9.17, 15) is 4.79 Å². The van der Waals surface area contributed by atoms with Crippen LogP contribution in [0.4, 0.5) is 4.79 Å². The van der Waals surface area contributed by atoms with Crippen LogP contribution in [0.15, 0.2) is 73.3 Å². The van der Waals surface area contributed by atoms with Gasteiger partial charge in [0.1, 0.15) is 6.33 Å². The molecule has 7 nitrogen and oxygen atoms in total. The fourth-order valence-electron chi connectivity index (χ4n) is 2.81. The van der Waals surface area contributed by atoms with Crippen molar-refractivity contribution < 1.29 is 4.79 Å². The van der Waals surface area contributed by atoms with E-state index in [2.05, 4.69) is 20.8 Å². The van der Waals surface area contributed by atoms with Crippen LogP contribution in [0, 0.1) is 0 Å². The van der Waals surface area contributed by atoms with Crippen LogP contribution >= 0.6 is 0 Å². The summed E-state index contributed by atoms with van der Waals surface area (Å²) in [6.45, 7) is 1.94. The highest BCUT2D eigenvalue weighted by Gasteiger charge is 2.11. The molecule has 4 aromatic rings. The molecule has 130 valence electrons. The van der Waals surface area contributed by atoms with Gasteiger partial charge in [0.2, 0.25) is 0 Å². The molecule has 2 amide bonds. The van der Waals surface area contributed by atoms with Crippen LogP contribution in [0.5, 0.6) is 0 Å². The SMILES string of the molecule is CC(NC(=O)Nn1cnc2ccccc21)c1ccc(-n2cccn2)cc1. The van der Waals surface area contributed by atoms with Crippen LogP contribution in [0.1, 0.15) is 18.5 Å². The maximum atomic E-state index is 12.3. The number of para-hydroxylation sites is 2. The third-order valence-corrected chi connectivity index (χ3v) is 4.19. The van der Waals surface area contributed by atoms with Gasteiger partial charge in [-0.2, -0.15) is 5.10 Å². The molecule has 26 heavy (non-hydrogen) atoms. The van der Waals surface area contributed by atoms with Crippen LogP contribution in [0.2, 0.25) is 0 Å². The molecule has 2 N–H and O–H groups in total. The number of carbonyl (C=O) groups excluding carboxylic acids is 1. The predicted molar refractivity (Wildman–Crippen MR) is 99.6 cm³/mol. The summed E-state index contributed by atoms with van der Waals surface area (Å²) in [5.74, 6) is 0. The van der Waals surface area contributed by atoms with Gasteiger partial charge in [-0.15, -0.1) is 0 Å². The van der Waals surface area contributed by atoms with Crippen molar-refractivity contribution in [3.05, 3.63) is 78.9 Å². The van der Waals surface area contributed by atoms with Gasteiger partial charge in [-0.25, -0.2) is 24.6 Å². The largest absolute Gasteiger partial charge is 0.334 e. The van der Waals surface area contributed by atoms with Gasteiger partial charge >= 0.3 is 6.03 Å². The molecule has 2 aromatic heterocycles. The highest BCUT2D eigenvalue weighted by Crippen LogP contribution is 2.15. The molecule has 0 spiro atoms. The molecule has 0 radical (unpaired) electrons. The van der Waals surface area contributed by atoms with Gasteiger partial charge in [-0.1, -0.05) is 24.3 Å². The topological polar surface area (TPSA) is 76.8 Å². The van der Waals surface area contributed by atoms with E-state index in [1.54, 1.807) is 21.9 Å². The zero-order chi connectivity index (χ0) is 17.9. The van der Waals surface area contributed by atoms with E-state index >= 15 is 0 Å². The second-order valence-electron chi connectivity index (χ2n) is 5.95. The van der Waals surface area contributed by atoms with E-state index in [4.69, 9.17) is 0 Å². The van der Waals surface area contributed by atoms with Crippen molar-refractivity contribution in [2.45, 2.75) is 13.0 Å². The Bertz CT molecular complexity index is 1020. The number of imidazole rings is 1. The Labute approximate surface area is 150 Å². The third-order valence-electron chi connectivity index (χ3n) is 4.19. The number of carbonyl (C=O) groups is 1. The normalized spacial score (nSPS) is 12.0. The van der Waals surface area contributed by atoms with Crippen molar-refractivity contribution in [1.29, 1.82) is 0 Å². The summed E-state index contributed by atoms with van der Waals surface area (Å²) in [5.41, 5.74) is 6.44. The fraction of sp³-hybridized carbons (Fsp3) is 0.105. The lowest BCUT2D eigenvalue weighted by molar-refractivity contribution is 0.247. The molecule has 4 rings (SSSR count). The van der Waals surface area contributed by atoms with Gasteiger partial charge in [0.25, 0.3) is 0 Å². The molecule has 7 heteroatoms. The highest BCUT2D eigenvalue weighted by atomic mass is 16.2. The Balaban J connectivity index is 1.42. The molecule has 0 saturated carbocycles. The first kappa shape index (κ1) is 15.9. The van der Waals surface area contributed by atoms with Gasteiger partial charge in [0.15, 0.2) is 0 Å². The van der Waals surface area contributed by atoms with Gasteiger partial charge in [-0.3, -0.25) is 0 Å². The lowest BCUT2D eigenvalue weighted by atomic mass is 10.1. The molecule has 0 aliphatic heterocycles. The Morgan fingerprint density at radius 2 is 1.88 bits per heavy atom. The summed E-state index contributed by atoms with van der Waals surface area (Å²) in [4.78, 5) is 16.6. The van der Waals surface area contributed by atoms with Gasteiger partial charge in [0.05, 0.1) is 22.8 Å². The van der Waals surface area contributed by atoms with E-state index in [0.717, 1.165) is 22.3 Å². The average molecular weight is 346 g/mol. The predicted octanol–water partition coefficient (Wildman–Crippen LogP) is 3.24. The zero-order valence-electron chi connectivity index (χ0n) is 14.2. The molecule has 1 atom stereocenters. The van der Waals surface area contributed by atoms with Crippen molar-refractivity contribution in [2.24, 2.45) is 0 Å². The number of benzene rings is 2. The first-order valence-electron chi connectivity index (χ1n) is 8.30. The molecule has 0 fully saturated rings. The van der Waals surface area contributed by atoms with Crippen molar-refractivity contribution in [3.8, 4) is 5.69 Å². The quantitative estimate of drug-likeness (QED) is 0.595. The van der Waals surface area contributed by atoms with E-state index in [0.29, 0.717) is 0 Å². The van der Waals surface area contributed by atoms with Crippen LogP contribution in [0.25, 0.3) is 16.7 Å². The zero-order valence-corrected chi connectivity index (χ0v) is 14.2. The molecule has 0 saturated heterocycles. The summed E-state index contributed by atoms with van der Waals surface area (Å²) >= 11 is 0. The molecular formula is C19H18N6O. The van der Waals surface area contributed by atoms with Crippen LogP contribution in [-0.2, 0) is 0 Å². The summed E-state index contributed by atoms with van der Waals surface area (Å²) in [6, 6.07) is 17.0. The minimum atomic E-state index is -0.295. The van der Waals surface area contributed by atoms with Crippen molar-refractivity contribution in [2.75, 3.05) is 5.43 Å². The molecule has 0 bridgehead atoms. The minimum Gasteiger partial charge on any atom is -0.330 e. The standard InChI is InChI=1S/C19H18N6O/c1-14(15-7-9-16(10-8-15)24-12-4-11-21-24)22-19(26)23-25-13-20-17-5-2-3-6-18(17)25/h2-14H,1H3,(H2,22,23,26). The molecule has 0 aliphatic carbocycles. The lowest BCUT2D eigenvalue weighted by Crippen LogP contribution is -2.35. The Kier molecular flexibility index (Phi) is 4.10.